The molecule has 1 aliphatic rings. The SMILES string of the molecule is O=C(NC1CCNC1)c1cc(I)c(F)cc1F. The van der Waals surface area contributed by atoms with E-state index in [-0.39, 0.29) is 15.2 Å². The van der Waals surface area contributed by atoms with Gasteiger partial charge in [-0.25, -0.2) is 8.78 Å². The number of hydrogen-bond donors (Lipinski definition) is 2. The second-order valence-corrected chi connectivity index (χ2v) is 5.07. The highest BCUT2D eigenvalue weighted by molar-refractivity contribution is 14.1. The van der Waals surface area contributed by atoms with Crippen molar-refractivity contribution in [1.82, 2.24) is 10.6 Å². The molecule has 0 saturated carbocycles. The topological polar surface area (TPSA) is 41.1 Å². The van der Waals surface area contributed by atoms with E-state index in [0.717, 1.165) is 19.0 Å². The summed E-state index contributed by atoms with van der Waals surface area (Å²) in [6.45, 7) is 1.53. The maximum Gasteiger partial charge on any atom is 0.254 e. The van der Waals surface area contributed by atoms with E-state index >= 15 is 0 Å². The zero-order valence-corrected chi connectivity index (χ0v) is 11.1. The maximum absolute atomic E-state index is 13.4. The normalized spacial score (nSPS) is 19.4. The van der Waals surface area contributed by atoms with Gasteiger partial charge in [0.2, 0.25) is 0 Å². The summed E-state index contributed by atoms with van der Waals surface area (Å²) in [5, 5.41) is 5.81. The highest BCUT2D eigenvalue weighted by Gasteiger charge is 2.20. The molecule has 1 fully saturated rings. The summed E-state index contributed by atoms with van der Waals surface area (Å²) >= 11 is 1.73. The molecule has 1 aromatic carbocycles. The van der Waals surface area contributed by atoms with Gasteiger partial charge in [-0.15, -0.1) is 0 Å². The lowest BCUT2D eigenvalue weighted by Crippen LogP contribution is -2.36. The van der Waals surface area contributed by atoms with Crippen LogP contribution in [0.1, 0.15) is 16.8 Å². The fourth-order valence-electron chi connectivity index (χ4n) is 1.74. The van der Waals surface area contributed by atoms with Crippen LogP contribution < -0.4 is 10.6 Å². The number of carbonyl (C=O) groups excluding carboxylic acids is 1. The lowest BCUT2D eigenvalue weighted by atomic mass is 10.1. The molecule has 0 radical (unpaired) electrons. The molecule has 0 bridgehead atoms. The van der Waals surface area contributed by atoms with Crippen molar-refractivity contribution >= 4 is 28.5 Å². The van der Waals surface area contributed by atoms with E-state index in [1.54, 1.807) is 22.6 Å². The predicted molar refractivity (Wildman–Crippen MR) is 67.8 cm³/mol. The molecule has 1 aromatic rings. The Kier molecular flexibility index (Phi) is 3.93. The summed E-state index contributed by atoms with van der Waals surface area (Å²) in [4.78, 5) is 11.8. The summed E-state index contributed by atoms with van der Waals surface area (Å²) in [7, 11) is 0. The zero-order chi connectivity index (χ0) is 12.4. The van der Waals surface area contributed by atoms with Gasteiger partial charge < -0.3 is 10.6 Å². The van der Waals surface area contributed by atoms with Gasteiger partial charge in [-0.1, -0.05) is 0 Å². The molecule has 2 N–H and O–H groups in total. The van der Waals surface area contributed by atoms with Gasteiger partial charge in [0.1, 0.15) is 11.6 Å². The van der Waals surface area contributed by atoms with Gasteiger partial charge in [-0.2, -0.15) is 0 Å². The number of carbonyl (C=O) groups is 1. The number of amides is 1. The summed E-state index contributed by atoms with van der Waals surface area (Å²) < 4.78 is 26.7. The van der Waals surface area contributed by atoms with Crippen LogP contribution in [0.15, 0.2) is 12.1 Å². The molecule has 1 unspecified atom stereocenters. The molecule has 92 valence electrons. The van der Waals surface area contributed by atoms with Crippen LogP contribution in [0.2, 0.25) is 0 Å². The molecule has 0 aromatic heterocycles. The van der Waals surface area contributed by atoms with Crippen LogP contribution in [-0.2, 0) is 0 Å². The van der Waals surface area contributed by atoms with Crippen molar-refractivity contribution in [2.45, 2.75) is 12.5 Å². The Morgan fingerprint density at radius 1 is 1.41 bits per heavy atom. The minimum absolute atomic E-state index is 0.0182. The summed E-state index contributed by atoms with van der Waals surface area (Å²) in [6.07, 6.45) is 0.825. The Morgan fingerprint density at radius 2 is 2.18 bits per heavy atom. The number of benzene rings is 1. The van der Waals surface area contributed by atoms with Crippen molar-refractivity contribution in [2.75, 3.05) is 13.1 Å². The zero-order valence-electron chi connectivity index (χ0n) is 8.90. The monoisotopic (exact) mass is 352 g/mol. The van der Waals surface area contributed by atoms with E-state index in [0.29, 0.717) is 6.54 Å². The molecular weight excluding hydrogens is 341 g/mol. The number of rotatable bonds is 2. The van der Waals surface area contributed by atoms with E-state index in [1.807, 2.05) is 0 Å². The predicted octanol–water partition coefficient (Wildman–Crippen LogP) is 1.66. The van der Waals surface area contributed by atoms with Crippen molar-refractivity contribution in [3.05, 3.63) is 32.9 Å². The summed E-state index contributed by atoms with van der Waals surface area (Å²) in [5.74, 6) is -1.97. The van der Waals surface area contributed by atoms with Crippen LogP contribution in [0.4, 0.5) is 8.78 Å². The first kappa shape index (κ1) is 12.7. The van der Waals surface area contributed by atoms with Crippen LogP contribution in [-0.4, -0.2) is 25.0 Å². The first-order chi connectivity index (χ1) is 8.08. The van der Waals surface area contributed by atoms with Gasteiger partial charge in [0, 0.05) is 22.2 Å². The third-order valence-corrected chi connectivity index (χ3v) is 3.48. The first-order valence-electron chi connectivity index (χ1n) is 5.24. The molecule has 2 rings (SSSR count). The average Bonchev–Trinajstić information content (AvgIpc) is 2.76. The van der Waals surface area contributed by atoms with Crippen LogP contribution in [0, 0.1) is 15.2 Å². The second kappa shape index (κ2) is 5.26. The fourth-order valence-corrected chi connectivity index (χ4v) is 2.20. The molecule has 0 spiro atoms. The highest BCUT2D eigenvalue weighted by Crippen LogP contribution is 2.17. The van der Waals surface area contributed by atoms with Crippen LogP contribution in [0.5, 0.6) is 0 Å². The minimum Gasteiger partial charge on any atom is -0.348 e. The summed E-state index contributed by atoms with van der Waals surface area (Å²) in [6, 6.07) is 1.98. The van der Waals surface area contributed by atoms with Gasteiger partial charge >= 0.3 is 0 Å². The summed E-state index contributed by atoms with van der Waals surface area (Å²) in [5.41, 5.74) is -0.109. The molecular formula is C11H11F2IN2O. The van der Waals surface area contributed by atoms with E-state index in [9.17, 15) is 13.6 Å². The Balaban J connectivity index is 2.15. The molecule has 0 aliphatic carbocycles. The Hall–Kier alpha value is -0.760. The van der Waals surface area contributed by atoms with E-state index in [1.165, 1.54) is 6.07 Å². The van der Waals surface area contributed by atoms with Crippen molar-refractivity contribution < 1.29 is 13.6 Å². The molecule has 1 atom stereocenters. The highest BCUT2D eigenvalue weighted by atomic mass is 127. The van der Waals surface area contributed by atoms with Crippen molar-refractivity contribution in [3.8, 4) is 0 Å². The number of halogens is 3. The fraction of sp³-hybridized carbons (Fsp3) is 0.364. The Morgan fingerprint density at radius 3 is 2.82 bits per heavy atom. The van der Waals surface area contributed by atoms with Crippen molar-refractivity contribution in [1.29, 1.82) is 0 Å². The van der Waals surface area contributed by atoms with Crippen LogP contribution in [0.3, 0.4) is 0 Å². The molecule has 1 saturated heterocycles. The molecule has 3 nitrogen and oxygen atoms in total. The molecule has 1 amide bonds. The van der Waals surface area contributed by atoms with Crippen LogP contribution in [0.25, 0.3) is 0 Å². The Labute approximate surface area is 111 Å². The van der Waals surface area contributed by atoms with Gasteiger partial charge in [0.15, 0.2) is 0 Å². The van der Waals surface area contributed by atoms with Gasteiger partial charge in [-0.05, 0) is 41.6 Å². The van der Waals surface area contributed by atoms with Crippen molar-refractivity contribution in [3.63, 3.8) is 0 Å². The van der Waals surface area contributed by atoms with Crippen LogP contribution >= 0.6 is 22.6 Å². The average molecular weight is 352 g/mol. The van der Waals surface area contributed by atoms with E-state index in [2.05, 4.69) is 10.6 Å². The van der Waals surface area contributed by atoms with E-state index in [4.69, 9.17) is 0 Å². The molecule has 1 heterocycles. The smallest absolute Gasteiger partial charge is 0.254 e. The van der Waals surface area contributed by atoms with Gasteiger partial charge in [0.25, 0.3) is 5.91 Å². The van der Waals surface area contributed by atoms with Crippen molar-refractivity contribution in [2.24, 2.45) is 0 Å². The molecule has 1 aliphatic heterocycles. The standard InChI is InChI=1S/C11H11F2IN2O/c12-8-4-9(13)10(14)3-7(8)11(17)16-6-1-2-15-5-6/h3-4,6,15H,1-2,5H2,(H,16,17). The first-order valence-corrected chi connectivity index (χ1v) is 6.32. The number of hydrogen-bond acceptors (Lipinski definition) is 2. The quantitative estimate of drug-likeness (QED) is 0.628. The third-order valence-electron chi connectivity index (χ3n) is 2.65. The molecule has 6 heteroatoms. The minimum atomic E-state index is -0.827. The second-order valence-electron chi connectivity index (χ2n) is 3.91. The Bertz CT molecular complexity index is 447. The van der Waals surface area contributed by atoms with Gasteiger partial charge in [-0.3, -0.25) is 4.79 Å². The third kappa shape index (κ3) is 2.92. The van der Waals surface area contributed by atoms with E-state index < -0.39 is 17.5 Å². The molecule has 17 heavy (non-hydrogen) atoms. The maximum atomic E-state index is 13.4. The lowest BCUT2D eigenvalue weighted by Gasteiger charge is -2.12. The lowest BCUT2D eigenvalue weighted by molar-refractivity contribution is 0.0936. The number of nitrogens with one attached hydrogen (secondary N) is 2. The van der Waals surface area contributed by atoms with Gasteiger partial charge in [0.05, 0.1) is 5.56 Å². The largest absolute Gasteiger partial charge is 0.348 e.